The van der Waals surface area contributed by atoms with Gasteiger partial charge in [-0.05, 0) is 66.8 Å². The summed E-state index contributed by atoms with van der Waals surface area (Å²) in [5.74, 6) is 0.962. The lowest BCUT2D eigenvalue weighted by molar-refractivity contribution is 0.0723. The molecule has 0 spiro atoms. The van der Waals surface area contributed by atoms with Gasteiger partial charge in [0.25, 0.3) is 5.91 Å². The van der Waals surface area contributed by atoms with Crippen LogP contribution < -0.4 is 15.8 Å². The molecule has 1 saturated heterocycles. The third-order valence-corrected chi connectivity index (χ3v) is 6.20. The molecule has 1 amide bonds. The van der Waals surface area contributed by atoms with Crippen molar-refractivity contribution in [1.29, 1.82) is 0 Å². The number of amides is 1. The maximum absolute atomic E-state index is 12.9. The van der Waals surface area contributed by atoms with Crippen LogP contribution in [0.3, 0.4) is 0 Å². The summed E-state index contributed by atoms with van der Waals surface area (Å²) in [4.78, 5) is 36.4. The van der Waals surface area contributed by atoms with E-state index in [-0.39, 0.29) is 11.8 Å². The number of carbonyl (C=O) groups excluding carboxylic acids is 2. The van der Waals surface area contributed by atoms with Gasteiger partial charge in [0.1, 0.15) is 10.4 Å². The van der Waals surface area contributed by atoms with E-state index in [9.17, 15) is 9.59 Å². The minimum absolute atomic E-state index is 0.0378. The second kappa shape index (κ2) is 11.5. The van der Waals surface area contributed by atoms with Gasteiger partial charge in [0, 0.05) is 38.0 Å². The number of alkyl halides is 1. The van der Waals surface area contributed by atoms with Crippen molar-refractivity contribution in [3.05, 3.63) is 65.3 Å². The molecule has 178 valence electrons. The highest BCUT2D eigenvalue weighted by molar-refractivity contribution is 14.1. The highest BCUT2D eigenvalue weighted by Gasteiger charge is 2.20. The number of rotatable bonds is 6. The standard InChI is InChI=1S/C25H28IN5O3/c26-17-34-21-14-19(25(33)30-10-5-2-6-11-30)16-28-24(21)29-20-9-12-31(22(27)15-20)23(32)13-18-7-3-1-4-8-18/h1,3,7,9,12,14-16H,2,4-6,8,10-11,13,17,27H2. The van der Waals surface area contributed by atoms with E-state index in [0.717, 1.165) is 50.8 Å². The van der Waals surface area contributed by atoms with Crippen LogP contribution in [0.25, 0.3) is 0 Å². The van der Waals surface area contributed by atoms with Gasteiger partial charge in [-0.25, -0.2) is 9.98 Å². The molecule has 1 fully saturated rings. The number of aromatic nitrogens is 2. The molecule has 2 aromatic rings. The van der Waals surface area contributed by atoms with Gasteiger partial charge < -0.3 is 15.4 Å². The fourth-order valence-corrected chi connectivity index (χ4v) is 4.42. The first-order valence-corrected chi connectivity index (χ1v) is 13.0. The van der Waals surface area contributed by atoms with Gasteiger partial charge >= 0.3 is 0 Å². The first-order chi connectivity index (χ1) is 16.5. The minimum atomic E-state index is -0.0850. The van der Waals surface area contributed by atoms with E-state index >= 15 is 0 Å². The van der Waals surface area contributed by atoms with Crippen molar-refractivity contribution in [3.63, 3.8) is 0 Å². The molecule has 2 aliphatic rings. The largest absolute Gasteiger partial charge is 0.479 e. The number of carbonyl (C=O) groups is 2. The van der Waals surface area contributed by atoms with Crippen LogP contribution in [-0.4, -0.2) is 44.0 Å². The molecule has 4 rings (SSSR count). The summed E-state index contributed by atoms with van der Waals surface area (Å²) in [7, 11) is 0. The Labute approximate surface area is 212 Å². The molecular weight excluding hydrogens is 545 g/mol. The monoisotopic (exact) mass is 573 g/mol. The molecule has 0 aromatic carbocycles. The van der Waals surface area contributed by atoms with Crippen LogP contribution >= 0.6 is 22.6 Å². The van der Waals surface area contributed by atoms with Crippen LogP contribution in [0.15, 0.2) is 59.4 Å². The lowest BCUT2D eigenvalue weighted by Gasteiger charge is -2.26. The summed E-state index contributed by atoms with van der Waals surface area (Å²) in [6, 6.07) is 5.05. The van der Waals surface area contributed by atoms with Crippen LogP contribution in [0.1, 0.15) is 53.7 Å². The highest BCUT2D eigenvalue weighted by Crippen LogP contribution is 2.27. The Morgan fingerprint density at radius 3 is 2.74 bits per heavy atom. The van der Waals surface area contributed by atoms with Gasteiger partial charge in [-0.15, -0.1) is 0 Å². The Hall–Kier alpha value is -2.95. The third-order valence-electron chi connectivity index (χ3n) is 5.88. The topological polar surface area (TPSA) is 103 Å². The van der Waals surface area contributed by atoms with Crippen LogP contribution in [0.2, 0.25) is 0 Å². The average Bonchev–Trinajstić information content (AvgIpc) is 2.86. The number of hydrogen-bond acceptors (Lipinski definition) is 6. The van der Waals surface area contributed by atoms with Crippen molar-refractivity contribution < 1.29 is 14.3 Å². The van der Waals surface area contributed by atoms with Crippen molar-refractivity contribution in [2.24, 2.45) is 4.99 Å². The normalized spacial score (nSPS) is 16.3. The third kappa shape index (κ3) is 5.94. The zero-order chi connectivity index (χ0) is 23.9. The molecule has 0 saturated carbocycles. The average molecular weight is 573 g/mol. The fourth-order valence-electron chi connectivity index (χ4n) is 4.09. The number of nitrogen functional groups attached to an aromatic ring is 1. The molecular formula is C25H28IN5O3. The maximum Gasteiger partial charge on any atom is 0.255 e. The summed E-state index contributed by atoms with van der Waals surface area (Å²) in [5, 5.41) is 0.544. The molecule has 0 radical (unpaired) electrons. The molecule has 34 heavy (non-hydrogen) atoms. The number of allylic oxidation sites excluding steroid dienone is 4. The van der Waals surface area contributed by atoms with Crippen LogP contribution in [0, 0.1) is 0 Å². The Morgan fingerprint density at radius 1 is 1.21 bits per heavy atom. The first kappa shape index (κ1) is 24.2. The number of halogens is 1. The molecule has 2 aromatic heterocycles. The number of hydrogen-bond donors (Lipinski definition) is 1. The molecule has 0 unspecified atom stereocenters. The lowest BCUT2D eigenvalue weighted by atomic mass is 10.0. The molecule has 2 N–H and O–H groups in total. The summed E-state index contributed by atoms with van der Waals surface area (Å²) in [6.45, 7) is 1.53. The van der Waals surface area contributed by atoms with Crippen molar-refractivity contribution >= 4 is 46.0 Å². The van der Waals surface area contributed by atoms with E-state index in [2.05, 4.69) is 38.6 Å². The van der Waals surface area contributed by atoms with E-state index in [1.807, 2.05) is 17.1 Å². The predicted molar refractivity (Wildman–Crippen MR) is 139 cm³/mol. The molecule has 8 nitrogen and oxygen atoms in total. The number of anilines is 1. The second-order valence-corrected chi connectivity index (χ2v) is 8.93. The van der Waals surface area contributed by atoms with E-state index in [4.69, 9.17) is 10.5 Å². The SMILES string of the molecule is Nc1cc(=Nc2ncc(C(=O)N3CCCCC3)cc2OCI)ccn1C(=O)CC1=CC=CCC1. The minimum Gasteiger partial charge on any atom is -0.479 e. The number of piperidine rings is 1. The van der Waals surface area contributed by atoms with E-state index in [1.165, 1.54) is 10.8 Å². The van der Waals surface area contributed by atoms with Gasteiger partial charge in [0.2, 0.25) is 5.91 Å². The molecule has 0 atom stereocenters. The number of pyridine rings is 2. The Bertz CT molecular complexity index is 1200. The zero-order valence-corrected chi connectivity index (χ0v) is 21.1. The van der Waals surface area contributed by atoms with Gasteiger partial charge in [0.15, 0.2) is 11.6 Å². The second-order valence-electron chi connectivity index (χ2n) is 8.31. The number of likely N-dealkylation sites (tertiary alicyclic amines) is 1. The highest BCUT2D eigenvalue weighted by atomic mass is 127. The fraction of sp³-hybridized carbons (Fsp3) is 0.360. The molecule has 0 bridgehead atoms. The van der Waals surface area contributed by atoms with Crippen molar-refractivity contribution in [1.82, 2.24) is 14.5 Å². The molecule has 9 heteroatoms. The smallest absolute Gasteiger partial charge is 0.255 e. The molecule has 3 heterocycles. The van der Waals surface area contributed by atoms with Crippen molar-refractivity contribution in [2.75, 3.05) is 23.4 Å². The summed E-state index contributed by atoms with van der Waals surface area (Å²) in [6.07, 6.45) is 14.6. The van der Waals surface area contributed by atoms with Crippen LogP contribution in [-0.2, 0) is 0 Å². The van der Waals surface area contributed by atoms with Crippen molar-refractivity contribution in [3.8, 4) is 5.75 Å². The van der Waals surface area contributed by atoms with Gasteiger partial charge in [-0.1, -0.05) is 23.8 Å². The van der Waals surface area contributed by atoms with Gasteiger partial charge in [-0.2, -0.15) is 0 Å². The van der Waals surface area contributed by atoms with E-state index < -0.39 is 0 Å². The predicted octanol–water partition coefficient (Wildman–Crippen LogP) is 4.40. The Kier molecular flexibility index (Phi) is 8.15. The summed E-state index contributed by atoms with van der Waals surface area (Å²) >= 11 is 2.09. The van der Waals surface area contributed by atoms with Crippen LogP contribution in [0.4, 0.5) is 11.6 Å². The maximum atomic E-state index is 12.9. The quantitative estimate of drug-likeness (QED) is 0.408. The van der Waals surface area contributed by atoms with Crippen LogP contribution in [0.5, 0.6) is 5.75 Å². The summed E-state index contributed by atoms with van der Waals surface area (Å²) < 4.78 is 7.55. The van der Waals surface area contributed by atoms with Gasteiger partial charge in [0.05, 0.1) is 10.9 Å². The van der Waals surface area contributed by atoms with Gasteiger partial charge in [-0.3, -0.25) is 14.2 Å². The first-order valence-electron chi connectivity index (χ1n) is 11.4. The molecule has 1 aliphatic carbocycles. The number of nitrogens with zero attached hydrogens (tertiary/aromatic N) is 4. The molecule has 1 aliphatic heterocycles. The lowest BCUT2D eigenvalue weighted by Crippen LogP contribution is -2.35. The summed E-state index contributed by atoms with van der Waals surface area (Å²) in [5.41, 5.74) is 7.75. The van der Waals surface area contributed by atoms with Crippen molar-refractivity contribution in [2.45, 2.75) is 38.5 Å². The van der Waals surface area contributed by atoms with E-state index in [0.29, 0.717) is 39.3 Å². The number of ether oxygens (including phenoxy) is 1. The number of nitrogens with two attached hydrogens (primary N) is 1. The Balaban J connectivity index is 1.56. The van der Waals surface area contributed by atoms with E-state index in [1.54, 1.807) is 24.4 Å². The zero-order valence-electron chi connectivity index (χ0n) is 19.0. The Morgan fingerprint density at radius 2 is 2.03 bits per heavy atom.